The molecule has 370 valence electrons. The molecule has 15 nitrogen and oxygen atoms in total. The Morgan fingerprint density at radius 1 is 0.859 bits per heavy atom. The summed E-state index contributed by atoms with van der Waals surface area (Å²) in [7, 11) is 3.94. The van der Waals surface area contributed by atoms with E-state index in [4.69, 9.17) is 28.4 Å². The molecule has 1 spiro atoms. The van der Waals surface area contributed by atoms with Gasteiger partial charge in [-0.2, -0.15) is 0 Å². The molecule has 7 N–H and O–H groups in total. The molecule has 0 aliphatic carbocycles. The smallest absolute Gasteiger partial charge is 0.330 e. The normalized spacial score (nSPS) is 47.3. The molecule has 0 amide bonds. The number of hydrogen-bond acceptors (Lipinski definition) is 15. The predicted octanol–water partition coefficient (Wildman–Crippen LogP) is 4.78. The summed E-state index contributed by atoms with van der Waals surface area (Å²) < 4.78 is 38.7. The van der Waals surface area contributed by atoms with Gasteiger partial charge in [-0.25, -0.2) is 4.79 Å². The Morgan fingerprint density at radius 2 is 1.58 bits per heavy atom. The van der Waals surface area contributed by atoms with Crippen molar-refractivity contribution >= 4 is 5.97 Å². The Bertz CT molecular complexity index is 1550. The first-order valence-corrected chi connectivity index (χ1v) is 24.3. The quantitative estimate of drug-likeness (QED) is 0.141. The Kier molecular flexibility index (Phi) is 18.2. The third kappa shape index (κ3) is 13.4. The first kappa shape index (κ1) is 53.4. The zero-order valence-electron chi connectivity index (χ0n) is 40.4. The standard InChI is InChI=1S/C49H85NO14/c1-11-34(51)26-35-19-17-24-48(62-35)28-37-30(2)38(63-48)29-49(58)33(27-45(5,6)64-49)18-15-13-12-14-16-23-46(7,56)44(55)42(61-40-21-20-36(50(9)10)32(4)59-40)41(53)31(3)43(54)47(8,57)25-22-39(52)60-37/h15,18,22,25,30-38,40-44,51,53-58H,11-14,16-17,19-21,23-24,26-29H2,1-10H3/b18-15-,25-22+/t30-,31+,32-,33+,34+,35+,36-,37-,38-,40-,41+,42-,43-,44+,46+,47+,48+,49-/m0/s1. The molecule has 0 saturated carbocycles. The van der Waals surface area contributed by atoms with Gasteiger partial charge in [0.2, 0.25) is 0 Å². The van der Waals surface area contributed by atoms with Crippen molar-refractivity contribution in [3.05, 3.63) is 24.3 Å². The molecule has 64 heavy (non-hydrogen) atoms. The molecule has 18 atom stereocenters. The second-order valence-electron chi connectivity index (χ2n) is 21.4. The predicted molar refractivity (Wildman–Crippen MR) is 239 cm³/mol. The third-order valence-corrected chi connectivity index (χ3v) is 15.0. The van der Waals surface area contributed by atoms with Crippen molar-refractivity contribution in [2.24, 2.45) is 17.8 Å². The molecule has 4 fully saturated rings. The van der Waals surface area contributed by atoms with Gasteiger partial charge in [-0.1, -0.05) is 45.8 Å². The number of likely N-dealkylation sites (N-methyl/N-ethyl adjacent to an activating group) is 1. The number of carbonyl (C=O) groups is 1. The Hall–Kier alpha value is -1.57. The van der Waals surface area contributed by atoms with E-state index in [0.29, 0.717) is 44.9 Å². The summed E-state index contributed by atoms with van der Waals surface area (Å²) in [4.78, 5) is 15.8. The van der Waals surface area contributed by atoms with Gasteiger partial charge in [-0.15, -0.1) is 0 Å². The Balaban J connectivity index is 1.45. The van der Waals surface area contributed by atoms with Crippen LogP contribution in [0, 0.1) is 17.8 Å². The van der Waals surface area contributed by atoms with Crippen LogP contribution < -0.4 is 0 Å². The zero-order chi connectivity index (χ0) is 47.4. The number of nitrogens with zero attached hydrogens (tertiary/aromatic N) is 1. The van der Waals surface area contributed by atoms with Crippen LogP contribution in [0.2, 0.25) is 0 Å². The minimum atomic E-state index is -2.08. The maximum absolute atomic E-state index is 13.8. The molecule has 5 rings (SSSR count). The van der Waals surface area contributed by atoms with Gasteiger partial charge in [-0.3, -0.25) is 0 Å². The second kappa shape index (κ2) is 21.8. The molecule has 0 radical (unpaired) electrons. The third-order valence-electron chi connectivity index (χ3n) is 15.0. The molecular weight excluding hydrogens is 827 g/mol. The highest BCUT2D eigenvalue weighted by Gasteiger charge is 2.56. The zero-order valence-corrected chi connectivity index (χ0v) is 40.4. The van der Waals surface area contributed by atoms with Gasteiger partial charge < -0.3 is 69.1 Å². The van der Waals surface area contributed by atoms with E-state index in [9.17, 15) is 40.5 Å². The molecular formula is C49H85NO14. The number of rotatable bonds is 6. The first-order chi connectivity index (χ1) is 29.8. The van der Waals surface area contributed by atoms with Gasteiger partial charge in [0.15, 0.2) is 17.9 Å². The monoisotopic (exact) mass is 912 g/mol. The molecule has 5 heterocycles. The summed E-state index contributed by atoms with van der Waals surface area (Å²) in [6.45, 7) is 14.0. The lowest BCUT2D eigenvalue weighted by molar-refractivity contribution is -0.352. The maximum atomic E-state index is 13.8. The van der Waals surface area contributed by atoms with E-state index in [-0.39, 0.29) is 43.4 Å². The van der Waals surface area contributed by atoms with E-state index in [1.165, 1.54) is 20.8 Å². The van der Waals surface area contributed by atoms with Crippen LogP contribution >= 0.6 is 0 Å². The van der Waals surface area contributed by atoms with Crippen LogP contribution in [0.4, 0.5) is 0 Å². The SMILES string of the molecule is CC[C@@H](O)C[C@H]1CCC[C@@]2(C[C@@H]3OC(=O)/C=C/[C@@](C)(O)[C@@H](O)[C@H](C)[C@@H](O)[C@H](O[C@H]4CC[C@H](N(C)C)[C@H](C)O4)[C@@H](O)[C@](C)(O)CCCCC/C=C\[C@@H]4CC(C)(C)O[C@@]4(O)C[C@H](O2)[C@H]3C)O1. The van der Waals surface area contributed by atoms with Gasteiger partial charge in [0.05, 0.1) is 47.8 Å². The van der Waals surface area contributed by atoms with E-state index < -0.39 is 95.2 Å². The van der Waals surface area contributed by atoms with E-state index in [0.717, 1.165) is 44.3 Å². The summed E-state index contributed by atoms with van der Waals surface area (Å²) in [6.07, 6.45) is 4.66. The number of ether oxygens (including phenoxy) is 6. The summed E-state index contributed by atoms with van der Waals surface area (Å²) in [6, 6.07) is 0.128. The summed E-state index contributed by atoms with van der Waals surface area (Å²) >= 11 is 0. The van der Waals surface area contributed by atoms with Crippen molar-refractivity contribution in [2.75, 3.05) is 14.1 Å². The fraction of sp³-hybridized carbons (Fsp3) is 0.898. The molecule has 15 heteroatoms. The fourth-order valence-corrected chi connectivity index (χ4v) is 10.9. The second-order valence-corrected chi connectivity index (χ2v) is 21.4. The van der Waals surface area contributed by atoms with Crippen LogP contribution in [-0.4, -0.2) is 156 Å². The summed E-state index contributed by atoms with van der Waals surface area (Å²) in [5.41, 5.74) is -4.43. The number of aliphatic hydroxyl groups excluding tert-OH is 4. The molecule has 5 aliphatic heterocycles. The largest absolute Gasteiger partial charge is 0.459 e. The molecule has 0 unspecified atom stereocenters. The number of allylic oxidation sites excluding steroid dienone is 1. The van der Waals surface area contributed by atoms with Crippen molar-refractivity contribution < 1.29 is 69.0 Å². The molecule has 5 aliphatic rings. The molecule has 2 bridgehead atoms. The maximum Gasteiger partial charge on any atom is 0.330 e. The van der Waals surface area contributed by atoms with E-state index in [2.05, 4.69) is 11.0 Å². The lowest BCUT2D eigenvalue weighted by atomic mass is 9.79. The highest BCUT2D eigenvalue weighted by atomic mass is 16.7. The van der Waals surface area contributed by atoms with Crippen molar-refractivity contribution in [1.82, 2.24) is 4.90 Å². The van der Waals surface area contributed by atoms with Crippen LogP contribution in [0.5, 0.6) is 0 Å². The summed E-state index contributed by atoms with van der Waals surface area (Å²) in [5.74, 6) is -5.49. The molecule has 0 aromatic rings. The average molecular weight is 912 g/mol. The molecule has 0 aromatic carbocycles. The van der Waals surface area contributed by atoms with E-state index in [1.807, 2.05) is 54.8 Å². The fourth-order valence-electron chi connectivity index (χ4n) is 10.9. The topological polar surface area (TPSA) is 217 Å². The van der Waals surface area contributed by atoms with Gasteiger partial charge in [0.25, 0.3) is 0 Å². The highest BCUT2D eigenvalue weighted by molar-refractivity contribution is 5.82. The summed E-state index contributed by atoms with van der Waals surface area (Å²) in [5, 5.41) is 81.8. The lowest BCUT2D eigenvalue weighted by Crippen LogP contribution is -2.58. The van der Waals surface area contributed by atoms with Crippen LogP contribution in [0.15, 0.2) is 24.3 Å². The minimum absolute atomic E-state index is 0.0790. The Morgan fingerprint density at radius 3 is 2.25 bits per heavy atom. The van der Waals surface area contributed by atoms with Crippen LogP contribution in [0.3, 0.4) is 0 Å². The van der Waals surface area contributed by atoms with Gasteiger partial charge in [-0.05, 0) is 119 Å². The van der Waals surface area contributed by atoms with E-state index in [1.54, 1.807) is 0 Å². The van der Waals surface area contributed by atoms with Crippen LogP contribution in [0.1, 0.15) is 152 Å². The van der Waals surface area contributed by atoms with Gasteiger partial charge in [0.1, 0.15) is 23.9 Å². The van der Waals surface area contributed by atoms with Gasteiger partial charge >= 0.3 is 5.97 Å². The van der Waals surface area contributed by atoms with Crippen molar-refractivity contribution in [3.63, 3.8) is 0 Å². The van der Waals surface area contributed by atoms with Crippen LogP contribution in [-0.2, 0) is 33.2 Å². The Labute approximate surface area is 382 Å². The number of hydrogen-bond donors (Lipinski definition) is 7. The van der Waals surface area contributed by atoms with Gasteiger partial charge in [0, 0.05) is 49.1 Å². The number of aliphatic hydroxyl groups is 7. The van der Waals surface area contributed by atoms with E-state index >= 15 is 0 Å². The average Bonchev–Trinajstić information content (AvgIpc) is 3.45. The van der Waals surface area contributed by atoms with Crippen molar-refractivity contribution in [3.8, 4) is 0 Å². The highest BCUT2D eigenvalue weighted by Crippen LogP contribution is 2.49. The first-order valence-electron chi connectivity index (χ1n) is 24.3. The van der Waals surface area contributed by atoms with Crippen molar-refractivity contribution in [1.29, 1.82) is 0 Å². The number of carbonyl (C=O) groups excluding carboxylic acids is 1. The van der Waals surface area contributed by atoms with Crippen LogP contribution in [0.25, 0.3) is 0 Å². The lowest BCUT2D eigenvalue weighted by Gasteiger charge is -2.51. The number of fused-ring (bicyclic) bond motifs is 3. The minimum Gasteiger partial charge on any atom is -0.459 e. The molecule has 0 aromatic heterocycles. The molecule has 4 saturated heterocycles. The number of esters is 1. The van der Waals surface area contributed by atoms with Crippen molar-refractivity contribution in [2.45, 2.75) is 247 Å².